The van der Waals surface area contributed by atoms with Crippen LogP contribution in [-0.2, 0) is 35.0 Å². The van der Waals surface area contributed by atoms with Gasteiger partial charge in [-0.3, -0.25) is 4.79 Å². The molecular weight excluding hydrogens is 356 g/mol. The normalized spacial score (nSPS) is 21.6. The van der Waals surface area contributed by atoms with Crippen molar-refractivity contribution in [3.63, 3.8) is 0 Å². The predicted molar refractivity (Wildman–Crippen MR) is 92.7 cm³/mol. The van der Waals surface area contributed by atoms with E-state index in [0.29, 0.717) is 18.3 Å². The molecule has 0 bridgehead atoms. The van der Waals surface area contributed by atoms with E-state index in [-0.39, 0.29) is 30.1 Å². The summed E-state index contributed by atoms with van der Waals surface area (Å²) in [7, 11) is 1.21. The summed E-state index contributed by atoms with van der Waals surface area (Å²) >= 11 is 0. The quantitative estimate of drug-likeness (QED) is 0.416. The molecule has 0 saturated heterocycles. The fraction of sp³-hybridized carbons (Fsp3) is 0.421. The standard InChI is InChI=1S/C19H22O8/c1-11-14(9-20)13(15(10-27-11)19(24)25-2)8-18(23)26-6-5-12-3-4-16(21)17(22)7-12/h3-4,7,9-11,13-14,21-22H,5-6,8H2,1-2H3/t11?,13-,14+/m0/s1. The fourth-order valence-electron chi connectivity index (χ4n) is 2.91. The highest BCUT2D eigenvalue weighted by Gasteiger charge is 2.39. The Morgan fingerprint density at radius 3 is 2.63 bits per heavy atom. The molecule has 1 heterocycles. The monoisotopic (exact) mass is 378 g/mol. The molecule has 8 nitrogen and oxygen atoms in total. The molecule has 2 rings (SSSR count). The predicted octanol–water partition coefficient (Wildman–Crippen LogP) is 1.48. The molecule has 1 aliphatic heterocycles. The Balaban J connectivity index is 1.97. The number of methoxy groups -OCH3 is 1. The van der Waals surface area contributed by atoms with Crippen LogP contribution in [0.1, 0.15) is 18.9 Å². The second kappa shape index (κ2) is 9.07. The molecule has 0 radical (unpaired) electrons. The van der Waals surface area contributed by atoms with E-state index in [1.165, 1.54) is 25.5 Å². The van der Waals surface area contributed by atoms with E-state index in [2.05, 4.69) is 0 Å². The fourth-order valence-corrected chi connectivity index (χ4v) is 2.91. The van der Waals surface area contributed by atoms with Gasteiger partial charge in [-0.05, 0) is 24.6 Å². The Kier molecular flexibility index (Phi) is 6.81. The van der Waals surface area contributed by atoms with Crippen molar-refractivity contribution >= 4 is 18.2 Å². The number of rotatable bonds is 7. The Morgan fingerprint density at radius 2 is 2.00 bits per heavy atom. The van der Waals surface area contributed by atoms with Gasteiger partial charge in [-0.1, -0.05) is 6.07 Å². The average Bonchev–Trinajstić information content (AvgIpc) is 2.64. The van der Waals surface area contributed by atoms with Crippen LogP contribution in [0.5, 0.6) is 11.5 Å². The Labute approximate surface area is 156 Å². The lowest BCUT2D eigenvalue weighted by Gasteiger charge is -2.32. The molecule has 0 aliphatic carbocycles. The van der Waals surface area contributed by atoms with E-state index < -0.39 is 29.9 Å². The SMILES string of the molecule is COC(=O)C1=COC(C)[C@@H](C=O)[C@@H]1CC(=O)OCCc1ccc(O)c(O)c1. The molecule has 8 heteroatoms. The van der Waals surface area contributed by atoms with Crippen LogP contribution in [0.3, 0.4) is 0 Å². The van der Waals surface area contributed by atoms with Crippen LogP contribution in [-0.4, -0.2) is 48.3 Å². The van der Waals surface area contributed by atoms with Gasteiger partial charge in [0.15, 0.2) is 11.5 Å². The summed E-state index contributed by atoms with van der Waals surface area (Å²) in [4.78, 5) is 35.5. The summed E-state index contributed by atoms with van der Waals surface area (Å²) in [6.45, 7) is 1.73. The smallest absolute Gasteiger partial charge is 0.337 e. The van der Waals surface area contributed by atoms with Gasteiger partial charge in [0, 0.05) is 12.3 Å². The van der Waals surface area contributed by atoms with Gasteiger partial charge in [-0.15, -0.1) is 0 Å². The van der Waals surface area contributed by atoms with Crippen LogP contribution in [0.25, 0.3) is 0 Å². The second-order valence-electron chi connectivity index (χ2n) is 6.22. The molecule has 1 unspecified atom stereocenters. The number of benzene rings is 1. The number of phenols is 2. The van der Waals surface area contributed by atoms with Crippen molar-refractivity contribution in [1.29, 1.82) is 0 Å². The summed E-state index contributed by atoms with van der Waals surface area (Å²) in [5.41, 5.74) is 0.798. The van der Waals surface area contributed by atoms with Crippen LogP contribution >= 0.6 is 0 Å². The van der Waals surface area contributed by atoms with Crippen LogP contribution in [0, 0.1) is 11.8 Å². The second-order valence-corrected chi connectivity index (χ2v) is 6.22. The summed E-state index contributed by atoms with van der Waals surface area (Å²) in [5, 5.41) is 18.7. The van der Waals surface area contributed by atoms with E-state index in [1.54, 1.807) is 13.0 Å². The minimum atomic E-state index is -0.691. The highest BCUT2D eigenvalue weighted by Crippen LogP contribution is 2.33. The largest absolute Gasteiger partial charge is 0.504 e. The molecule has 1 aromatic rings. The zero-order valence-corrected chi connectivity index (χ0v) is 15.1. The molecule has 146 valence electrons. The van der Waals surface area contributed by atoms with E-state index in [9.17, 15) is 24.6 Å². The van der Waals surface area contributed by atoms with Gasteiger partial charge >= 0.3 is 11.9 Å². The minimum absolute atomic E-state index is 0.0465. The van der Waals surface area contributed by atoms with Crippen LogP contribution in [0.4, 0.5) is 0 Å². The van der Waals surface area contributed by atoms with Crippen molar-refractivity contribution < 1.29 is 38.8 Å². The molecule has 0 saturated carbocycles. The van der Waals surface area contributed by atoms with Gasteiger partial charge in [-0.25, -0.2) is 4.79 Å². The van der Waals surface area contributed by atoms with Gasteiger partial charge in [-0.2, -0.15) is 0 Å². The third kappa shape index (κ3) is 4.99. The van der Waals surface area contributed by atoms with Crippen molar-refractivity contribution in [2.45, 2.75) is 25.9 Å². The highest BCUT2D eigenvalue weighted by molar-refractivity contribution is 5.90. The lowest BCUT2D eigenvalue weighted by atomic mass is 9.80. The van der Waals surface area contributed by atoms with Crippen molar-refractivity contribution in [2.75, 3.05) is 13.7 Å². The Morgan fingerprint density at radius 1 is 1.26 bits per heavy atom. The van der Waals surface area contributed by atoms with E-state index in [4.69, 9.17) is 14.2 Å². The van der Waals surface area contributed by atoms with E-state index in [0.717, 1.165) is 0 Å². The Hall–Kier alpha value is -3.03. The third-order valence-corrected chi connectivity index (χ3v) is 4.47. The number of phenolic OH excluding ortho intramolecular Hbond substituents is 2. The molecular formula is C19H22O8. The first-order valence-electron chi connectivity index (χ1n) is 8.43. The maximum absolute atomic E-state index is 12.2. The zero-order chi connectivity index (χ0) is 20.0. The Bertz CT molecular complexity index is 739. The van der Waals surface area contributed by atoms with E-state index in [1.807, 2.05) is 0 Å². The maximum Gasteiger partial charge on any atom is 0.337 e. The molecule has 2 N–H and O–H groups in total. The molecule has 0 spiro atoms. The first-order valence-corrected chi connectivity index (χ1v) is 8.43. The molecule has 3 atom stereocenters. The van der Waals surface area contributed by atoms with Crippen molar-refractivity contribution in [1.82, 2.24) is 0 Å². The number of carbonyl (C=O) groups is 3. The van der Waals surface area contributed by atoms with Crippen molar-refractivity contribution in [3.8, 4) is 11.5 Å². The molecule has 27 heavy (non-hydrogen) atoms. The third-order valence-electron chi connectivity index (χ3n) is 4.47. The number of hydrogen-bond donors (Lipinski definition) is 2. The summed E-state index contributed by atoms with van der Waals surface area (Å²) in [6, 6.07) is 4.32. The molecule has 1 aromatic carbocycles. The van der Waals surface area contributed by atoms with Crippen molar-refractivity contribution in [2.24, 2.45) is 11.8 Å². The lowest BCUT2D eigenvalue weighted by molar-refractivity contribution is -0.146. The van der Waals surface area contributed by atoms with Gasteiger partial charge in [0.2, 0.25) is 0 Å². The van der Waals surface area contributed by atoms with Gasteiger partial charge in [0.05, 0.1) is 37.9 Å². The van der Waals surface area contributed by atoms with Gasteiger partial charge in [0.25, 0.3) is 0 Å². The molecule has 0 fully saturated rings. The van der Waals surface area contributed by atoms with Gasteiger partial charge in [0.1, 0.15) is 12.4 Å². The number of aldehydes is 1. The van der Waals surface area contributed by atoms with E-state index >= 15 is 0 Å². The lowest BCUT2D eigenvalue weighted by Crippen LogP contribution is -2.37. The van der Waals surface area contributed by atoms with Crippen LogP contribution < -0.4 is 0 Å². The minimum Gasteiger partial charge on any atom is -0.504 e. The number of esters is 2. The maximum atomic E-state index is 12.2. The number of hydrogen-bond acceptors (Lipinski definition) is 8. The first kappa shape index (κ1) is 20.3. The van der Waals surface area contributed by atoms with Crippen molar-refractivity contribution in [3.05, 3.63) is 35.6 Å². The highest BCUT2D eigenvalue weighted by atomic mass is 16.5. The van der Waals surface area contributed by atoms with Gasteiger partial charge < -0.3 is 29.2 Å². The number of ether oxygens (including phenoxy) is 3. The number of carbonyl (C=O) groups excluding carboxylic acids is 3. The molecule has 1 aliphatic rings. The zero-order valence-electron chi connectivity index (χ0n) is 15.1. The first-order chi connectivity index (χ1) is 12.9. The van der Waals surface area contributed by atoms with Crippen LogP contribution in [0.15, 0.2) is 30.0 Å². The summed E-state index contributed by atoms with van der Waals surface area (Å²) in [6.07, 6.45) is 1.58. The average molecular weight is 378 g/mol. The summed E-state index contributed by atoms with van der Waals surface area (Å²) < 4.78 is 15.2. The van der Waals surface area contributed by atoms with Crippen LogP contribution in [0.2, 0.25) is 0 Å². The topological polar surface area (TPSA) is 119 Å². The molecule has 0 aromatic heterocycles. The number of aromatic hydroxyl groups is 2. The summed E-state index contributed by atoms with van der Waals surface area (Å²) in [5.74, 6) is -3.08. The molecule has 0 amide bonds.